The van der Waals surface area contributed by atoms with E-state index in [1.807, 2.05) is 4.90 Å². The maximum absolute atomic E-state index is 13.6. The first-order valence-corrected chi connectivity index (χ1v) is 11.7. The molecule has 1 aromatic carbocycles. The van der Waals surface area contributed by atoms with Gasteiger partial charge < -0.3 is 9.64 Å². The minimum absolute atomic E-state index is 0.113. The average molecular weight is 542 g/mol. The van der Waals surface area contributed by atoms with E-state index in [2.05, 4.69) is 10.1 Å². The number of methoxy groups -OCH3 is 1. The summed E-state index contributed by atoms with van der Waals surface area (Å²) in [4.78, 5) is 32.6. The number of esters is 1. The van der Waals surface area contributed by atoms with Crippen LogP contribution in [0.25, 0.3) is 0 Å². The molecule has 0 N–H and O–H groups in total. The largest absolute Gasteiger partial charge is 0.469 e. The van der Waals surface area contributed by atoms with Crippen molar-refractivity contribution < 1.29 is 31.9 Å². The number of halogens is 5. The lowest BCUT2D eigenvalue weighted by atomic mass is 9.99. The van der Waals surface area contributed by atoms with Gasteiger partial charge in [0.2, 0.25) is 0 Å². The third-order valence-electron chi connectivity index (χ3n) is 6.28. The second kappa shape index (κ2) is 10.3. The topological polar surface area (TPSA) is 78.3 Å². The number of likely N-dealkylation sites (N-methyl/N-ethyl adjacent to an activating group) is 1. The predicted octanol–water partition coefficient (Wildman–Crippen LogP) is 3.90. The van der Waals surface area contributed by atoms with Crippen molar-refractivity contribution in [2.24, 2.45) is 11.0 Å². The normalized spacial score (nSPS) is 18.4. The van der Waals surface area contributed by atoms with Gasteiger partial charge in [0, 0.05) is 44.5 Å². The van der Waals surface area contributed by atoms with Crippen LogP contribution in [0.15, 0.2) is 35.4 Å². The molecule has 8 nitrogen and oxygen atoms in total. The molecule has 0 aliphatic carbocycles. The number of hydrogen-bond donors (Lipinski definition) is 0. The Morgan fingerprint density at radius 3 is 2.54 bits per heavy atom. The Hall–Kier alpha value is -3.25. The molecule has 2 aliphatic rings. The third kappa shape index (κ3) is 5.69. The van der Waals surface area contributed by atoms with Crippen LogP contribution in [0.1, 0.15) is 17.7 Å². The van der Waals surface area contributed by atoms with Crippen molar-refractivity contribution in [3.63, 3.8) is 0 Å². The molecule has 13 heteroatoms. The van der Waals surface area contributed by atoms with Crippen LogP contribution < -0.4 is 9.91 Å². The van der Waals surface area contributed by atoms with E-state index in [0.29, 0.717) is 31.0 Å². The number of likely N-dealkylation sites (tertiary alicyclic amines) is 1. The molecule has 1 unspecified atom stereocenters. The summed E-state index contributed by atoms with van der Waals surface area (Å²) in [5.41, 5.74) is 0.0555. The zero-order chi connectivity index (χ0) is 27.1. The second-order valence-corrected chi connectivity index (χ2v) is 9.40. The number of anilines is 2. The maximum atomic E-state index is 13.6. The number of carbonyl (C=O) groups is 2. The number of aromatic nitrogens is 1. The number of hydrogen-bond acceptors (Lipinski definition) is 7. The lowest BCUT2D eigenvalue weighted by molar-refractivity contribution is -0.150. The fourth-order valence-corrected chi connectivity index (χ4v) is 4.50. The van der Waals surface area contributed by atoms with E-state index >= 15 is 0 Å². The highest BCUT2D eigenvalue weighted by Crippen LogP contribution is 2.34. The number of hydrazone groups is 1. The van der Waals surface area contributed by atoms with Gasteiger partial charge in [-0.2, -0.15) is 18.3 Å². The summed E-state index contributed by atoms with van der Waals surface area (Å²) in [5, 5.41) is 5.49. The summed E-state index contributed by atoms with van der Waals surface area (Å²) in [5.74, 6) is -1.84. The van der Waals surface area contributed by atoms with Crippen molar-refractivity contribution in [2.75, 3.05) is 43.7 Å². The zero-order valence-electron chi connectivity index (χ0n) is 20.2. The molecule has 1 aromatic heterocycles. The van der Waals surface area contributed by atoms with Gasteiger partial charge >= 0.3 is 12.1 Å². The molecule has 1 saturated heterocycles. The maximum Gasteiger partial charge on any atom is 0.416 e. The lowest BCUT2D eigenvalue weighted by Gasteiger charge is -2.37. The lowest BCUT2D eigenvalue weighted by Crippen LogP contribution is -2.52. The van der Waals surface area contributed by atoms with Gasteiger partial charge in [-0.05, 0) is 37.3 Å². The highest BCUT2D eigenvalue weighted by molar-refractivity contribution is 6.31. The first-order chi connectivity index (χ1) is 17.4. The van der Waals surface area contributed by atoms with Crippen molar-refractivity contribution in [2.45, 2.75) is 25.6 Å². The number of alkyl halides is 3. The molecular formula is C24H24ClF4N5O3. The number of benzene rings is 1. The number of amides is 1. The molecule has 2 aromatic rings. The number of rotatable bonds is 6. The molecule has 0 radical (unpaired) electrons. The van der Waals surface area contributed by atoms with Crippen molar-refractivity contribution in [3.8, 4) is 0 Å². The predicted molar refractivity (Wildman–Crippen MR) is 129 cm³/mol. The van der Waals surface area contributed by atoms with Crippen molar-refractivity contribution in [3.05, 3.63) is 52.4 Å². The fourth-order valence-electron chi connectivity index (χ4n) is 4.32. The van der Waals surface area contributed by atoms with Gasteiger partial charge in [0.15, 0.2) is 0 Å². The van der Waals surface area contributed by atoms with Crippen LogP contribution >= 0.6 is 11.6 Å². The van der Waals surface area contributed by atoms with Gasteiger partial charge in [-0.1, -0.05) is 11.6 Å². The van der Waals surface area contributed by atoms with Crippen molar-refractivity contribution >= 4 is 40.7 Å². The summed E-state index contributed by atoms with van der Waals surface area (Å²) in [6.07, 6.45) is -4.50. The van der Waals surface area contributed by atoms with E-state index in [-0.39, 0.29) is 34.8 Å². The molecular weight excluding hydrogens is 518 g/mol. The quantitative estimate of drug-likeness (QED) is 0.408. The van der Waals surface area contributed by atoms with Gasteiger partial charge in [-0.25, -0.2) is 14.4 Å². The Morgan fingerprint density at radius 1 is 1.22 bits per heavy atom. The van der Waals surface area contributed by atoms with Gasteiger partial charge in [-0.3, -0.25) is 14.5 Å². The second-order valence-electron chi connectivity index (χ2n) is 8.99. The van der Waals surface area contributed by atoms with E-state index in [1.54, 1.807) is 0 Å². The molecule has 1 amide bonds. The summed E-state index contributed by atoms with van der Waals surface area (Å²) >= 11 is 5.87. The number of carbonyl (C=O) groups excluding carboxylic acids is 2. The summed E-state index contributed by atoms with van der Waals surface area (Å²) in [7, 11) is 2.78. The van der Waals surface area contributed by atoms with E-state index in [4.69, 9.17) is 16.3 Å². The molecule has 37 heavy (non-hydrogen) atoms. The molecule has 1 fully saturated rings. The molecule has 4 rings (SSSR count). The van der Waals surface area contributed by atoms with E-state index in [0.717, 1.165) is 18.2 Å². The van der Waals surface area contributed by atoms with Gasteiger partial charge in [0.05, 0.1) is 29.3 Å². The average Bonchev–Trinajstić information content (AvgIpc) is 3.24. The molecule has 0 saturated carbocycles. The first kappa shape index (κ1) is 26.8. The van der Waals surface area contributed by atoms with E-state index in [9.17, 15) is 27.2 Å². The van der Waals surface area contributed by atoms with Gasteiger partial charge in [0.25, 0.3) is 5.91 Å². The SMILES string of the molecule is COC(=O)C1CN(CC2=NN(c3cc(C(F)(F)F)cc(C)n3)C(C(=O)N(C)c3ccc(F)c(Cl)c3)C2)C1. The smallest absolute Gasteiger partial charge is 0.416 e. The summed E-state index contributed by atoms with van der Waals surface area (Å²) < 4.78 is 58.9. The fraction of sp³-hybridized carbons (Fsp3) is 0.417. The van der Waals surface area contributed by atoms with Crippen molar-refractivity contribution in [1.29, 1.82) is 0 Å². The first-order valence-electron chi connectivity index (χ1n) is 11.3. The third-order valence-corrected chi connectivity index (χ3v) is 6.57. The van der Waals surface area contributed by atoms with Gasteiger partial charge in [0.1, 0.15) is 17.7 Å². The van der Waals surface area contributed by atoms with Crippen LogP contribution in [0.5, 0.6) is 0 Å². The molecule has 3 heterocycles. The molecule has 0 spiro atoms. The minimum atomic E-state index is -4.61. The van der Waals surface area contributed by atoms with E-state index < -0.39 is 29.5 Å². The number of aryl methyl sites for hydroxylation is 1. The Balaban J connectivity index is 1.62. The van der Waals surface area contributed by atoms with E-state index in [1.165, 1.54) is 43.1 Å². The zero-order valence-corrected chi connectivity index (χ0v) is 21.0. The Bertz CT molecular complexity index is 1250. The monoisotopic (exact) mass is 541 g/mol. The Kier molecular flexibility index (Phi) is 7.43. The Labute approximate surface area is 215 Å². The summed E-state index contributed by atoms with van der Waals surface area (Å²) in [6, 6.07) is 4.55. The van der Waals surface area contributed by atoms with Crippen LogP contribution in [0.3, 0.4) is 0 Å². The summed E-state index contributed by atoms with van der Waals surface area (Å²) in [6.45, 7) is 2.63. The van der Waals surface area contributed by atoms with Crippen LogP contribution in [-0.2, 0) is 20.5 Å². The number of pyridine rings is 1. The number of nitrogens with zero attached hydrogens (tertiary/aromatic N) is 5. The van der Waals surface area contributed by atoms with Gasteiger partial charge in [-0.15, -0.1) is 0 Å². The molecule has 198 valence electrons. The van der Waals surface area contributed by atoms with Crippen molar-refractivity contribution in [1.82, 2.24) is 9.88 Å². The van der Waals surface area contributed by atoms with Crippen LogP contribution in [0.4, 0.5) is 29.1 Å². The minimum Gasteiger partial charge on any atom is -0.469 e. The Morgan fingerprint density at radius 2 is 1.92 bits per heavy atom. The standard InChI is InChI=1S/C24H24ClF4N5O3/c1-13-6-15(24(27,28)29)7-21(30-13)34-20(22(35)32(2)17-4-5-19(26)18(25)9-17)8-16(31-34)12-33-10-14(11-33)23(36)37-3/h4-7,9,14,20H,8,10-12H2,1-3H3. The molecule has 1 atom stereocenters. The van der Waals surface area contributed by atoms with Crippen LogP contribution in [-0.4, -0.2) is 67.3 Å². The van der Waals surface area contributed by atoms with Crippen LogP contribution in [0.2, 0.25) is 5.02 Å². The number of ether oxygens (including phenoxy) is 1. The molecule has 2 aliphatic heterocycles. The highest BCUT2D eigenvalue weighted by atomic mass is 35.5. The molecule has 0 bridgehead atoms. The highest BCUT2D eigenvalue weighted by Gasteiger charge is 2.41. The van der Waals surface area contributed by atoms with Crippen LogP contribution in [0, 0.1) is 18.7 Å².